The van der Waals surface area contributed by atoms with E-state index in [0.29, 0.717) is 18.5 Å². The smallest absolute Gasteiger partial charge is 0.247 e. The van der Waals surface area contributed by atoms with Crippen molar-refractivity contribution in [3.63, 3.8) is 0 Å². The van der Waals surface area contributed by atoms with Gasteiger partial charge in [-0.15, -0.1) is 0 Å². The molecule has 102 valence electrons. The summed E-state index contributed by atoms with van der Waals surface area (Å²) in [5, 5.41) is 8.81. The molecule has 1 unspecified atom stereocenters. The van der Waals surface area contributed by atoms with Crippen molar-refractivity contribution in [1.82, 2.24) is 4.90 Å². The van der Waals surface area contributed by atoms with Crippen molar-refractivity contribution in [2.45, 2.75) is 18.9 Å². The molecule has 1 saturated heterocycles. The summed E-state index contributed by atoms with van der Waals surface area (Å²) in [5.41, 5.74) is 6.59. The molecule has 1 aliphatic heterocycles. The van der Waals surface area contributed by atoms with Gasteiger partial charge in [0.15, 0.2) is 0 Å². The SMILES string of the molecule is N#Cc1cccc(/C=C/C(=O)N2CCCC2C(N)=O)c1. The van der Waals surface area contributed by atoms with Crippen LogP contribution in [0.5, 0.6) is 0 Å². The van der Waals surface area contributed by atoms with Crippen LogP contribution in [-0.4, -0.2) is 29.3 Å². The zero-order valence-corrected chi connectivity index (χ0v) is 11.0. The van der Waals surface area contributed by atoms with E-state index in [-0.39, 0.29) is 5.91 Å². The van der Waals surface area contributed by atoms with Crippen LogP contribution in [0.15, 0.2) is 30.3 Å². The van der Waals surface area contributed by atoms with Crippen LogP contribution in [0.4, 0.5) is 0 Å². The quantitative estimate of drug-likeness (QED) is 0.832. The molecule has 1 atom stereocenters. The Morgan fingerprint density at radius 3 is 2.95 bits per heavy atom. The van der Waals surface area contributed by atoms with Crippen LogP contribution in [-0.2, 0) is 9.59 Å². The topological polar surface area (TPSA) is 87.2 Å². The first-order valence-electron chi connectivity index (χ1n) is 6.40. The van der Waals surface area contributed by atoms with Crippen molar-refractivity contribution in [3.8, 4) is 6.07 Å². The Balaban J connectivity index is 2.09. The monoisotopic (exact) mass is 269 g/mol. The minimum absolute atomic E-state index is 0.228. The molecular weight excluding hydrogens is 254 g/mol. The van der Waals surface area contributed by atoms with Gasteiger partial charge in [0.2, 0.25) is 11.8 Å². The molecule has 1 aliphatic rings. The van der Waals surface area contributed by atoms with E-state index in [1.807, 2.05) is 6.07 Å². The van der Waals surface area contributed by atoms with E-state index in [2.05, 4.69) is 0 Å². The maximum absolute atomic E-state index is 12.1. The summed E-state index contributed by atoms with van der Waals surface area (Å²) in [5.74, 6) is -0.690. The van der Waals surface area contributed by atoms with Crippen molar-refractivity contribution in [1.29, 1.82) is 5.26 Å². The van der Waals surface area contributed by atoms with Gasteiger partial charge in [-0.25, -0.2) is 0 Å². The van der Waals surface area contributed by atoms with Crippen molar-refractivity contribution in [2.24, 2.45) is 5.73 Å². The van der Waals surface area contributed by atoms with Crippen LogP contribution in [0.3, 0.4) is 0 Å². The second-order valence-corrected chi connectivity index (χ2v) is 4.66. The Morgan fingerprint density at radius 1 is 1.45 bits per heavy atom. The van der Waals surface area contributed by atoms with Gasteiger partial charge < -0.3 is 10.6 Å². The summed E-state index contributed by atoms with van der Waals surface area (Å²) in [6, 6.07) is 8.49. The van der Waals surface area contributed by atoms with Crippen molar-refractivity contribution in [3.05, 3.63) is 41.5 Å². The predicted octanol–water partition coefficient (Wildman–Crippen LogP) is 1.05. The van der Waals surface area contributed by atoms with E-state index < -0.39 is 11.9 Å². The summed E-state index contributed by atoms with van der Waals surface area (Å²) in [7, 11) is 0. The first kappa shape index (κ1) is 13.8. The van der Waals surface area contributed by atoms with Crippen LogP contribution in [0.2, 0.25) is 0 Å². The molecule has 1 fully saturated rings. The molecule has 0 aliphatic carbocycles. The average Bonchev–Trinajstić information content (AvgIpc) is 2.94. The highest BCUT2D eigenvalue weighted by atomic mass is 16.2. The molecule has 20 heavy (non-hydrogen) atoms. The zero-order chi connectivity index (χ0) is 14.5. The lowest BCUT2D eigenvalue weighted by Gasteiger charge is -2.20. The van der Waals surface area contributed by atoms with E-state index in [1.54, 1.807) is 30.3 Å². The molecule has 1 aromatic rings. The Bertz CT molecular complexity index is 601. The van der Waals surface area contributed by atoms with Gasteiger partial charge in [-0.2, -0.15) is 5.26 Å². The molecule has 5 nitrogen and oxygen atoms in total. The van der Waals surface area contributed by atoms with Crippen molar-refractivity contribution < 1.29 is 9.59 Å². The Kier molecular flexibility index (Phi) is 4.16. The van der Waals surface area contributed by atoms with Gasteiger partial charge in [-0.1, -0.05) is 12.1 Å². The van der Waals surface area contributed by atoms with Gasteiger partial charge in [0.25, 0.3) is 0 Å². The number of nitrogens with zero attached hydrogens (tertiary/aromatic N) is 2. The predicted molar refractivity (Wildman–Crippen MR) is 74.1 cm³/mol. The number of carbonyl (C=O) groups is 2. The minimum Gasteiger partial charge on any atom is -0.368 e. The third-order valence-electron chi connectivity index (χ3n) is 3.30. The highest BCUT2D eigenvalue weighted by Gasteiger charge is 2.31. The first-order chi connectivity index (χ1) is 9.61. The van der Waals surface area contributed by atoms with Gasteiger partial charge in [0.05, 0.1) is 11.6 Å². The fraction of sp³-hybridized carbons (Fsp3) is 0.267. The molecule has 2 rings (SSSR count). The number of carbonyl (C=O) groups excluding carboxylic acids is 2. The molecule has 2 amide bonds. The fourth-order valence-corrected chi connectivity index (χ4v) is 2.30. The van der Waals surface area contributed by atoms with Crippen LogP contribution >= 0.6 is 0 Å². The highest BCUT2D eigenvalue weighted by Crippen LogP contribution is 2.17. The van der Waals surface area contributed by atoms with Crippen LogP contribution in [0.25, 0.3) is 6.08 Å². The largest absolute Gasteiger partial charge is 0.368 e. The number of hydrogen-bond donors (Lipinski definition) is 1. The molecule has 0 aromatic heterocycles. The second-order valence-electron chi connectivity index (χ2n) is 4.66. The summed E-state index contributed by atoms with van der Waals surface area (Å²) >= 11 is 0. The number of benzene rings is 1. The number of amides is 2. The number of nitrogens with two attached hydrogens (primary N) is 1. The highest BCUT2D eigenvalue weighted by molar-refractivity contribution is 5.95. The lowest BCUT2D eigenvalue weighted by atomic mass is 10.1. The lowest BCUT2D eigenvalue weighted by Crippen LogP contribution is -2.42. The van der Waals surface area contributed by atoms with Gasteiger partial charge >= 0.3 is 0 Å². The summed E-state index contributed by atoms with van der Waals surface area (Å²) in [4.78, 5) is 24.8. The van der Waals surface area contributed by atoms with Gasteiger partial charge in [-0.3, -0.25) is 9.59 Å². The van der Waals surface area contributed by atoms with E-state index in [1.165, 1.54) is 11.0 Å². The molecule has 0 bridgehead atoms. The number of hydrogen-bond acceptors (Lipinski definition) is 3. The summed E-state index contributed by atoms with van der Waals surface area (Å²) in [6.07, 6.45) is 4.47. The zero-order valence-electron chi connectivity index (χ0n) is 11.0. The Morgan fingerprint density at radius 2 is 2.25 bits per heavy atom. The maximum Gasteiger partial charge on any atom is 0.247 e. The first-order valence-corrected chi connectivity index (χ1v) is 6.40. The third-order valence-corrected chi connectivity index (χ3v) is 3.30. The van der Waals surface area contributed by atoms with Crippen LogP contribution in [0.1, 0.15) is 24.0 Å². The third kappa shape index (κ3) is 3.04. The minimum atomic E-state index is -0.502. The fourth-order valence-electron chi connectivity index (χ4n) is 2.30. The number of likely N-dealkylation sites (tertiary alicyclic amines) is 1. The van der Waals surface area contributed by atoms with Crippen LogP contribution < -0.4 is 5.73 Å². The van der Waals surface area contributed by atoms with Crippen molar-refractivity contribution >= 4 is 17.9 Å². The average molecular weight is 269 g/mol. The second kappa shape index (κ2) is 6.02. The molecule has 0 radical (unpaired) electrons. The molecule has 0 saturated carbocycles. The van der Waals surface area contributed by atoms with E-state index in [0.717, 1.165) is 12.0 Å². The Labute approximate surface area is 117 Å². The maximum atomic E-state index is 12.1. The molecular formula is C15H15N3O2. The van der Waals surface area contributed by atoms with E-state index in [4.69, 9.17) is 11.0 Å². The molecule has 1 aromatic carbocycles. The molecule has 2 N–H and O–H groups in total. The molecule has 1 heterocycles. The Hall–Kier alpha value is -2.61. The van der Waals surface area contributed by atoms with E-state index in [9.17, 15) is 9.59 Å². The lowest BCUT2D eigenvalue weighted by molar-refractivity contribution is -0.133. The summed E-state index contributed by atoms with van der Waals surface area (Å²) < 4.78 is 0. The summed E-state index contributed by atoms with van der Waals surface area (Å²) in [6.45, 7) is 0.551. The van der Waals surface area contributed by atoms with Gasteiger partial charge in [0.1, 0.15) is 6.04 Å². The normalized spacial score (nSPS) is 18.1. The number of primary amides is 1. The van der Waals surface area contributed by atoms with Gasteiger partial charge in [0, 0.05) is 12.6 Å². The molecule has 0 spiro atoms. The number of rotatable bonds is 3. The standard InChI is InChI=1S/C15H15N3O2/c16-10-12-4-1-3-11(9-12)6-7-14(19)18-8-2-5-13(18)15(17)20/h1,3-4,6-7,9,13H,2,5,8H2,(H2,17,20)/b7-6+. The van der Waals surface area contributed by atoms with Crippen LogP contribution in [0, 0.1) is 11.3 Å². The van der Waals surface area contributed by atoms with Crippen molar-refractivity contribution in [2.75, 3.05) is 6.54 Å². The number of nitriles is 1. The molecule has 5 heteroatoms. The van der Waals surface area contributed by atoms with Gasteiger partial charge in [-0.05, 0) is 36.6 Å². The van der Waals surface area contributed by atoms with E-state index >= 15 is 0 Å².